The van der Waals surface area contributed by atoms with E-state index in [2.05, 4.69) is 47.7 Å². The van der Waals surface area contributed by atoms with Crippen LogP contribution in [0, 0.1) is 0 Å². The van der Waals surface area contributed by atoms with Crippen LogP contribution in [-0.4, -0.2) is 95.4 Å². The van der Waals surface area contributed by atoms with Crippen molar-refractivity contribution >= 4 is 16.3 Å². The highest BCUT2D eigenvalue weighted by Gasteiger charge is 2.48. The van der Waals surface area contributed by atoms with E-state index < -0.39 is 59.9 Å². The highest BCUT2D eigenvalue weighted by Crippen LogP contribution is 2.26. The van der Waals surface area contributed by atoms with Crippen molar-refractivity contribution in [1.82, 2.24) is 5.32 Å². The number of ether oxygens (including phenoxy) is 2. The Bertz CT molecular complexity index is 1430. The van der Waals surface area contributed by atoms with Gasteiger partial charge in [-0.15, -0.1) is 0 Å². The summed E-state index contributed by atoms with van der Waals surface area (Å²) in [6, 6.07) is -0.941. The van der Waals surface area contributed by atoms with Gasteiger partial charge in [-0.25, -0.2) is 4.18 Å². The molecule has 1 aliphatic rings. The summed E-state index contributed by atoms with van der Waals surface area (Å²) in [7, 11) is -5.08. The van der Waals surface area contributed by atoms with Crippen LogP contribution >= 0.6 is 0 Å². The first-order valence-electron chi connectivity index (χ1n) is 30.4. The number of rotatable bonds is 53. The summed E-state index contributed by atoms with van der Waals surface area (Å²) >= 11 is 0. The first-order valence-corrected chi connectivity index (χ1v) is 31.7. The highest BCUT2D eigenvalue weighted by atomic mass is 32.3. The zero-order valence-electron chi connectivity index (χ0n) is 46.7. The average molecular weight is 1060 g/mol. The topological polar surface area (TPSA) is 192 Å². The fourth-order valence-corrected chi connectivity index (χ4v) is 10.2. The maximum atomic E-state index is 13.1. The molecule has 0 saturated carbocycles. The minimum atomic E-state index is -5.08. The van der Waals surface area contributed by atoms with Gasteiger partial charge >= 0.3 is 10.4 Å². The summed E-state index contributed by atoms with van der Waals surface area (Å²) < 4.78 is 47.6. The standard InChI is InChI=1S/C60H113NO11S/c1-3-5-7-9-11-13-14-15-16-17-18-19-20-21-22-23-24-25-26-27-28-29-30-31-32-33-34-35-36-37-38-39-40-42-44-46-48-50-56(64)61-53(54(63)49-47-45-43-41-12-10-8-6-4-2)52-70-60-58(66)59(72-73(67,68)69)57(65)55(51-62)71-60/h22-23,25-26,47,49,53-55,57-60,62-63,65-66H,3-21,24,27-46,48,50-52H2,1-2H3,(H,61,64)(H,67,68,69)/b23-22-,26-25-,49-47+. The van der Waals surface area contributed by atoms with Crippen molar-refractivity contribution in [2.24, 2.45) is 0 Å². The molecule has 0 radical (unpaired) electrons. The zero-order valence-corrected chi connectivity index (χ0v) is 47.5. The van der Waals surface area contributed by atoms with Gasteiger partial charge in [0.15, 0.2) is 6.29 Å². The van der Waals surface area contributed by atoms with Crippen LogP contribution in [0.2, 0.25) is 0 Å². The van der Waals surface area contributed by atoms with E-state index in [-0.39, 0.29) is 18.9 Å². The van der Waals surface area contributed by atoms with Crippen LogP contribution in [0.25, 0.3) is 0 Å². The van der Waals surface area contributed by atoms with E-state index >= 15 is 0 Å². The van der Waals surface area contributed by atoms with Gasteiger partial charge in [-0.3, -0.25) is 9.35 Å². The molecule has 1 heterocycles. The molecule has 1 rings (SSSR count). The van der Waals surface area contributed by atoms with Crippen molar-refractivity contribution < 1.29 is 51.8 Å². The van der Waals surface area contributed by atoms with Gasteiger partial charge in [-0.05, 0) is 51.4 Å². The van der Waals surface area contributed by atoms with Crippen molar-refractivity contribution in [3.05, 3.63) is 36.5 Å². The van der Waals surface area contributed by atoms with E-state index in [4.69, 9.17) is 9.47 Å². The molecule has 0 bridgehead atoms. The molecular formula is C60H113NO11S. The lowest BCUT2D eigenvalue weighted by Crippen LogP contribution is -2.61. The Balaban J connectivity index is 2.12. The lowest BCUT2D eigenvalue weighted by Gasteiger charge is -2.41. The molecule has 73 heavy (non-hydrogen) atoms. The smallest absolute Gasteiger partial charge is 0.394 e. The third-order valence-corrected chi connectivity index (χ3v) is 14.9. The summed E-state index contributed by atoms with van der Waals surface area (Å²) in [6.45, 7) is 3.37. The van der Waals surface area contributed by atoms with Gasteiger partial charge in [0.05, 0.1) is 25.4 Å². The van der Waals surface area contributed by atoms with Crippen molar-refractivity contribution in [2.75, 3.05) is 13.2 Å². The molecule has 0 aliphatic carbocycles. The molecule has 0 spiro atoms. The number of carbonyl (C=O) groups excluding carboxylic acids is 1. The first-order chi connectivity index (χ1) is 35.5. The van der Waals surface area contributed by atoms with Crippen molar-refractivity contribution in [3.63, 3.8) is 0 Å². The van der Waals surface area contributed by atoms with Gasteiger partial charge in [-0.2, -0.15) is 8.42 Å². The van der Waals surface area contributed by atoms with Gasteiger partial charge < -0.3 is 35.2 Å². The molecule has 6 N–H and O–H groups in total. The van der Waals surface area contributed by atoms with Crippen LogP contribution in [-0.2, 0) is 28.9 Å². The maximum Gasteiger partial charge on any atom is 0.397 e. The van der Waals surface area contributed by atoms with Crippen LogP contribution < -0.4 is 5.32 Å². The minimum Gasteiger partial charge on any atom is -0.394 e. The summed E-state index contributed by atoms with van der Waals surface area (Å²) in [5, 5.41) is 44.7. The molecule has 430 valence electrons. The van der Waals surface area contributed by atoms with Crippen LogP contribution in [0.5, 0.6) is 0 Å². The largest absolute Gasteiger partial charge is 0.397 e. The molecule has 0 aromatic carbocycles. The van der Waals surface area contributed by atoms with Crippen LogP contribution in [0.1, 0.15) is 284 Å². The lowest BCUT2D eigenvalue weighted by molar-refractivity contribution is -0.298. The third kappa shape index (κ3) is 42.1. The highest BCUT2D eigenvalue weighted by molar-refractivity contribution is 7.80. The van der Waals surface area contributed by atoms with E-state index in [9.17, 15) is 38.2 Å². The summed E-state index contributed by atoms with van der Waals surface area (Å²) in [6.07, 6.45) is 55.4. The number of amides is 1. The van der Waals surface area contributed by atoms with E-state index in [0.717, 1.165) is 51.4 Å². The van der Waals surface area contributed by atoms with Crippen molar-refractivity contribution in [3.8, 4) is 0 Å². The molecule has 0 aromatic rings. The number of hydrogen-bond acceptors (Lipinski definition) is 10. The average Bonchev–Trinajstić information content (AvgIpc) is 3.37. The molecule has 1 fully saturated rings. The predicted octanol–water partition coefficient (Wildman–Crippen LogP) is 14.6. The maximum absolute atomic E-state index is 13.1. The first kappa shape index (κ1) is 69.3. The number of aliphatic hydroxyl groups is 4. The van der Waals surface area contributed by atoms with Crippen molar-refractivity contribution in [2.45, 2.75) is 326 Å². The van der Waals surface area contributed by atoms with Gasteiger partial charge in [0.25, 0.3) is 0 Å². The number of nitrogens with one attached hydrogen (secondary N) is 1. The normalized spacial score (nSPS) is 19.5. The van der Waals surface area contributed by atoms with Gasteiger partial charge in [0.1, 0.15) is 24.4 Å². The van der Waals surface area contributed by atoms with E-state index in [1.165, 1.54) is 205 Å². The molecule has 1 amide bonds. The molecule has 7 atom stereocenters. The monoisotopic (exact) mass is 1060 g/mol. The van der Waals surface area contributed by atoms with Gasteiger partial charge in [0, 0.05) is 6.42 Å². The molecular weight excluding hydrogens is 943 g/mol. The van der Waals surface area contributed by atoms with Gasteiger partial charge in [-0.1, -0.05) is 262 Å². The van der Waals surface area contributed by atoms with Crippen LogP contribution in [0.4, 0.5) is 0 Å². The second kappa shape index (κ2) is 49.9. The van der Waals surface area contributed by atoms with Gasteiger partial charge in [0.2, 0.25) is 5.91 Å². The Hall–Kier alpha value is -1.68. The van der Waals surface area contributed by atoms with Crippen LogP contribution in [0.3, 0.4) is 0 Å². The minimum absolute atomic E-state index is 0.262. The molecule has 7 unspecified atom stereocenters. The second-order valence-electron chi connectivity index (χ2n) is 21.3. The SMILES string of the molecule is CCCCCCCCC/C=C/C(O)C(COC1OC(CO)C(O)C(OS(=O)(=O)O)C1O)NC(=O)CCCCCCCCCCCCCCCCCCC/C=C\C/C=C\CCCCCCCCCCCCCCC. The summed E-state index contributed by atoms with van der Waals surface area (Å²) in [4.78, 5) is 13.1. The third-order valence-electron chi connectivity index (χ3n) is 14.4. The molecule has 1 aliphatic heterocycles. The van der Waals surface area contributed by atoms with E-state index in [0.29, 0.717) is 6.42 Å². The number of hydrogen-bond donors (Lipinski definition) is 6. The summed E-state index contributed by atoms with van der Waals surface area (Å²) in [5.41, 5.74) is 0. The van der Waals surface area contributed by atoms with Crippen molar-refractivity contribution in [1.29, 1.82) is 0 Å². The Morgan fingerprint density at radius 3 is 1.30 bits per heavy atom. The van der Waals surface area contributed by atoms with E-state index in [1.54, 1.807) is 6.08 Å². The lowest BCUT2D eigenvalue weighted by atomic mass is 9.99. The second-order valence-corrected chi connectivity index (χ2v) is 22.3. The summed E-state index contributed by atoms with van der Waals surface area (Å²) in [5.74, 6) is -0.262. The fourth-order valence-electron chi connectivity index (χ4n) is 9.72. The molecule has 13 heteroatoms. The Morgan fingerprint density at radius 1 is 0.548 bits per heavy atom. The Kier molecular flexibility index (Phi) is 47.4. The quantitative estimate of drug-likeness (QED) is 0.0193. The molecule has 0 aromatic heterocycles. The Labute approximate surface area is 447 Å². The fraction of sp³-hybridized carbons (Fsp3) is 0.883. The number of carbonyl (C=O) groups is 1. The Morgan fingerprint density at radius 2 is 0.918 bits per heavy atom. The predicted molar refractivity (Wildman–Crippen MR) is 301 cm³/mol. The number of aliphatic hydroxyl groups excluding tert-OH is 4. The number of unbranched alkanes of at least 4 members (excludes halogenated alkanes) is 37. The number of allylic oxidation sites excluding steroid dienone is 5. The molecule has 1 saturated heterocycles. The molecule has 12 nitrogen and oxygen atoms in total. The zero-order chi connectivity index (χ0) is 53.3. The van der Waals surface area contributed by atoms with E-state index in [1.807, 2.05) is 6.08 Å². The van der Waals surface area contributed by atoms with Crippen LogP contribution in [0.15, 0.2) is 36.5 Å².